The smallest absolute Gasteiger partial charge is 0.175 e. The summed E-state index contributed by atoms with van der Waals surface area (Å²) >= 11 is 0. The zero-order valence-corrected chi connectivity index (χ0v) is 4.60. The highest BCUT2D eigenvalue weighted by Gasteiger charge is 1.88. The Morgan fingerprint density at radius 1 is 1.44 bits per heavy atom. The summed E-state index contributed by atoms with van der Waals surface area (Å²) in [4.78, 5) is 3.98. The number of aromatic nitrogens is 4. The number of hydrogen-bond acceptors (Lipinski definition) is 3. The molecule has 0 spiro atoms. The van der Waals surface area contributed by atoms with Crippen molar-refractivity contribution in [2.45, 2.75) is 0 Å². The van der Waals surface area contributed by atoms with E-state index in [9.17, 15) is 0 Å². The molecule has 2 aromatic rings. The fourth-order valence-corrected chi connectivity index (χ4v) is 0.676. The monoisotopic (exact) mass is 120 g/mol. The van der Waals surface area contributed by atoms with Crippen LogP contribution in [0.2, 0.25) is 0 Å². The summed E-state index contributed by atoms with van der Waals surface area (Å²) in [6.45, 7) is 0. The fraction of sp³-hybridized carbons (Fsp3) is 0. The van der Waals surface area contributed by atoms with E-state index in [-0.39, 0.29) is 0 Å². The average molecular weight is 120 g/mol. The summed E-state index contributed by atoms with van der Waals surface area (Å²) < 4.78 is 1.61. The summed E-state index contributed by atoms with van der Waals surface area (Å²) in [7, 11) is 0. The third-order valence-corrected chi connectivity index (χ3v) is 1.08. The Kier molecular flexibility index (Phi) is 0.745. The SMILES string of the molecule is c1cnc2cnnn2c1. The van der Waals surface area contributed by atoms with Crippen LogP contribution in [0.3, 0.4) is 0 Å². The molecule has 4 nitrogen and oxygen atoms in total. The van der Waals surface area contributed by atoms with E-state index in [2.05, 4.69) is 15.3 Å². The molecule has 0 aliphatic carbocycles. The summed E-state index contributed by atoms with van der Waals surface area (Å²) in [5.74, 6) is 0. The molecule has 0 radical (unpaired) electrons. The van der Waals surface area contributed by atoms with Crippen molar-refractivity contribution < 1.29 is 0 Å². The lowest BCUT2D eigenvalue weighted by Gasteiger charge is -1.83. The van der Waals surface area contributed by atoms with Crippen molar-refractivity contribution >= 4 is 5.65 Å². The van der Waals surface area contributed by atoms with Crippen LogP contribution in [0.5, 0.6) is 0 Å². The van der Waals surface area contributed by atoms with Crippen molar-refractivity contribution in [3.05, 3.63) is 24.7 Å². The lowest BCUT2D eigenvalue weighted by molar-refractivity contribution is 0.847. The molecule has 0 aromatic carbocycles. The molecule has 4 heteroatoms. The number of hydrogen-bond donors (Lipinski definition) is 0. The zero-order chi connectivity index (χ0) is 6.10. The summed E-state index contributed by atoms with van der Waals surface area (Å²) in [5.41, 5.74) is 0.775. The summed E-state index contributed by atoms with van der Waals surface area (Å²) in [6.07, 6.45) is 5.12. The van der Waals surface area contributed by atoms with Gasteiger partial charge in [0.2, 0.25) is 0 Å². The van der Waals surface area contributed by atoms with E-state index >= 15 is 0 Å². The van der Waals surface area contributed by atoms with Gasteiger partial charge in [0, 0.05) is 12.4 Å². The molecule has 0 bridgehead atoms. The molecular formula is C5H4N4. The lowest BCUT2D eigenvalue weighted by atomic mass is 10.6. The molecule has 2 rings (SSSR count). The second-order valence-corrected chi connectivity index (χ2v) is 1.66. The molecule has 0 fully saturated rings. The second-order valence-electron chi connectivity index (χ2n) is 1.66. The van der Waals surface area contributed by atoms with Crippen LogP contribution < -0.4 is 0 Å². The fourth-order valence-electron chi connectivity index (χ4n) is 0.676. The van der Waals surface area contributed by atoms with Crippen LogP contribution >= 0.6 is 0 Å². The molecule has 2 heterocycles. The quantitative estimate of drug-likeness (QED) is 0.496. The van der Waals surface area contributed by atoms with Gasteiger partial charge in [0.1, 0.15) is 0 Å². The van der Waals surface area contributed by atoms with Gasteiger partial charge < -0.3 is 0 Å². The Hall–Kier alpha value is -1.45. The Balaban J connectivity index is 2.95. The van der Waals surface area contributed by atoms with Gasteiger partial charge in [-0.15, -0.1) is 5.10 Å². The molecule has 0 aliphatic heterocycles. The van der Waals surface area contributed by atoms with Crippen LogP contribution in [0, 0.1) is 0 Å². The maximum atomic E-state index is 3.98. The van der Waals surface area contributed by atoms with Crippen LogP contribution in [-0.4, -0.2) is 19.8 Å². The number of fused-ring (bicyclic) bond motifs is 1. The normalized spacial score (nSPS) is 10.2. The van der Waals surface area contributed by atoms with Crippen LogP contribution in [0.15, 0.2) is 24.7 Å². The second kappa shape index (κ2) is 1.51. The van der Waals surface area contributed by atoms with Crippen molar-refractivity contribution in [3.63, 3.8) is 0 Å². The Bertz CT molecular complexity index is 283. The first-order valence-electron chi connectivity index (χ1n) is 2.58. The van der Waals surface area contributed by atoms with Crippen LogP contribution in [0.25, 0.3) is 5.65 Å². The van der Waals surface area contributed by atoms with Gasteiger partial charge in [-0.05, 0) is 6.07 Å². The van der Waals surface area contributed by atoms with E-state index < -0.39 is 0 Å². The predicted molar refractivity (Wildman–Crippen MR) is 30.8 cm³/mol. The van der Waals surface area contributed by atoms with Gasteiger partial charge in [-0.1, -0.05) is 5.21 Å². The molecule has 2 aromatic heterocycles. The maximum absolute atomic E-state index is 3.98. The molecule has 44 valence electrons. The van der Waals surface area contributed by atoms with E-state index in [1.807, 2.05) is 6.07 Å². The van der Waals surface area contributed by atoms with Gasteiger partial charge in [0.05, 0.1) is 6.20 Å². The summed E-state index contributed by atoms with van der Waals surface area (Å²) in [5, 5.41) is 7.37. The van der Waals surface area contributed by atoms with E-state index in [0.717, 1.165) is 5.65 Å². The van der Waals surface area contributed by atoms with Crippen molar-refractivity contribution in [3.8, 4) is 0 Å². The molecule has 0 saturated heterocycles. The van der Waals surface area contributed by atoms with E-state index in [4.69, 9.17) is 0 Å². The Morgan fingerprint density at radius 3 is 3.33 bits per heavy atom. The highest BCUT2D eigenvalue weighted by molar-refractivity contribution is 5.30. The first-order valence-corrected chi connectivity index (χ1v) is 2.58. The Morgan fingerprint density at radius 2 is 2.44 bits per heavy atom. The first kappa shape index (κ1) is 4.43. The molecule has 9 heavy (non-hydrogen) atoms. The van der Waals surface area contributed by atoms with Gasteiger partial charge in [0.25, 0.3) is 0 Å². The van der Waals surface area contributed by atoms with E-state index in [0.29, 0.717) is 0 Å². The molecule has 0 amide bonds. The van der Waals surface area contributed by atoms with Crippen LogP contribution in [0.4, 0.5) is 0 Å². The minimum Gasteiger partial charge on any atom is -0.236 e. The minimum absolute atomic E-state index is 0.775. The van der Waals surface area contributed by atoms with Crippen molar-refractivity contribution in [2.24, 2.45) is 0 Å². The lowest BCUT2D eigenvalue weighted by Crippen LogP contribution is -1.86. The van der Waals surface area contributed by atoms with Crippen LogP contribution in [-0.2, 0) is 0 Å². The van der Waals surface area contributed by atoms with Crippen LogP contribution in [0.1, 0.15) is 0 Å². The zero-order valence-electron chi connectivity index (χ0n) is 4.60. The third kappa shape index (κ3) is 0.561. The number of rotatable bonds is 0. The van der Waals surface area contributed by atoms with Crippen molar-refractivity contribution in [1.82, 2.24) is 19.8 Å². The van der Waals surface area contributed by atoms with E-state index in [1.54, 1.807) is 23.1 Å². The van der Waals surface area contributed by atoms with Gasteiger partial charge in [-0.2, -0.15) is 0 Å². The van der Waals surface area contributed by atoms with Gasteiger partial charge in [-0.3, -0.25) is 0 Å². The van der Waals surface area contributed by atoms with Gasteiger partial charge in [-0.25, -0.2) is 9.50 Å². The topological polar surface area (TPSA) is 43.1 Å². The standard InChI is InChI=1S/C5H4N4/c1-2-6-5-4-7-8-9(5)3-1/h1-4H. The average Bonchev–Trinajstić information content (AvgIpc) is 2.33. The number of nitrogens with zero attached hydrogens (tertiary/aromatic N) is 4. The van der Waals surface area contributed by atoms with Crippen molar-refractivity contribution in [2.75, 3.05) is 0 Å². The molecule has 0 unspecified atom stereocenters. The summed E-state index contributed by atoms with van der Waals surface area (Å²) in [6, 6.07) is 1.81. The molecule has 0 N–H and O–H groups in total. The maximum Gasteiger partial charge on any atom is 0.175 e. The highest BCUT2D eigenvalue weighted by Crippen LogP contribution is 1.90. The molecular weight excluding hydrogens is 116 g/mol. The van der Waals surface area contributed by atoms with Gasteiger partial charge >= 0.3 is 0 Å². The first-order chi connectivity index (χ1) is 4.47. The molecule has 0 saturated carbocycles. The van der Waals surface area contributed by atoms with Gasteiger partial charge in [0.15, 0.2) is 5.65 Å². The third-order valence-electron chi connectivity index (χ3n) is 1.08. The predicted octanol–water partition coefficient (Wildman–Crippen LogP) is 0.124. The van der Waals surface area contributed by atoms with Crippen molar-refractivity contribution in [1.29, 1.82) is 0 Å². The minimum atomic E-state index is 0.775. The van der Waals surface area contributed by atoms with E-state index in [1.165, 1.54) is 0 Å². The molecule has 0 aliphatic rings. The highest BCUT2D eigenvalue weighted by atomic mass is 15.4. The Labute approximate surface area is 51.1 Å². The largest absolute Gasteiger partial charge is 0.236 e. The molecule has 0 atom stereocenters.